The summed E-state index contributed by atoms with van der Waals surface area (Å²) in [5, 5.41) is 0. The number of ether oxygens (including phenoxy) is 3. The molecule has 64 heavy (non-hydrogen) atoms. The van der Waals surface area contributed by atoms with Gasteiger partial charge in [0, 0.05) is 19.3 Å². The molecule has 0 heterocycles. The number of unbranched alkanes of at least 4 members (excludes halogenated alkanes) is 23. The van der Waals surface area contributed by atoms with Gasteiger partial charge in [0.15, 0.2) is 6.10 Å². The van der Waals surface area contributed by atoms with Gasteiger partial charge in [-0.15, -0.1) is 0 Å². The third kappa shape index (κ3) is 49.3. The molecule has 0 spiro atoms. The van der Waals surface area contributed by atoms with Crippen LogP contribution in [0.25, 0.3) is 0 Å². The van der Waals surface area contributed by atoms with Gasteiger partial charge >= 0.3 is 17.9 Å². The summed E-state index contributed by atoms with van der Waals surface area (Å²) >= 11 is 0. The fraction of sp³-hybridized carbons (Fsp3) is 0.672. The van der Waals surface area contributed by atoms with Crippen molar-refractivity contribution in [1.29, 1.82) is 0 Å². The fourth-order valence-corrected chi connectivity index (χ4v) is 6.97. The number of carbonyl (C=O) groups excluding carboxylic acids is 3. The summed E-state index contributed by atoms with van der Waals surface area (Å²) in [6.45, 7) is 6.40. The van der Waals surface area contributed by atoms with Gasteiger partial charge in [0.1, 0.15) is 13.2 Å². The van der Waals surface area contributed by atoms with Crippen molar-refractivity contribution < 1.29 is 28.6 Å². The lowest BCUT2D eigenvalue weighted by Crippen LogP contribution is -2.30. The molecule has 0 aromatic carbocycles. The van der Waals surface area contributed by atoms with Crippen LogP contribution in [0.2, 0.25) is 0 Å². The Hall–Kier alpha value is -3.67. The first-order valence-corrected chi connectivity index (χ1v) is 26.3. The zero-order valence-electron chi connectivity index (χ0n) is 41.5. The first-order chi connectivity index (χ1) is 31.5. The van der Waals surface area contributed by atoms with Crippen molar-refractivity contribution in [3.8, 4) is 0 Å². The van der Waals surface area contributed by atoms with Crippen LogP contribution < -0.4 is 0 Å². The summed E-state index contributed by atoms with van der Waals surface area (Å²) in [5.74, 6) is -1.01. The molecule has 0 N–H and O–H groups in total. The van der Waals surface area contributed by atoms with Crippen LogP contribution in [0.3, 0.4) is 0 Å². The van der Waals surface area contributed by atoms with E-state index in [1.54, 1.807) is 0 Å². The van der Waals surface area contributed by atoms with Gasteiger partial charge in [-0.1, -0.05) is 227 Å². The number of rotatable bonds is 46. The molecule has 0 aliphatic carbocycles. The second kappa shape index (κ2) is 52.0. The minimum atomic E-state index is -0.815. The van der Waals surface area contributed by atoms with Crippen LogP contribution >= 0.6 is 0 Å². The Morgan fingerprint density at radius 3 is 1.16 bits per heavy atom. The number of allylic oxidation sites excluding steroid dienone is 16. The summed E-state index contributed by atoms with van der Waals surface area (Å²) in [4.78, 5) is 38.0. The first kappa shape index (κ1) is 60.3. The molecule has 6 heteroatoms. The average molecular weight is 889 g/mol. The average Bonchev–Trinajstić information content (AvgIpc) is 3.29. The molecular formula is C58H96O6. The molecule has 0 bridgehead atoms. The van der Waals surface area contributed by atoms with Crippen molar-refractivity contribution in [2.75, 3.05) is 13.2 Å². The molecule has 364 valence electrons. The van der Waals surface area contributed by atoms with Crippen molar-refractivity contribution in [3.63, 3.8) is 0 Å². The van der Waals surface area contributed by atoms with Crippen LogP contribution in [-0.2, 0) is 28.6 Å². The molecule has 0 amide bonds. The van der Waals surface area contributed by atoms with E-state index < -0.39 is 6.10 Å². The fourth-order valence-electron chi connectivity index (χ4n) is 6.97. The van der Waals surface area contributed by atoms with E-state index in [4.69, 9.17) is 14.2 Å². The molecule has 0 aromatic rings. The van der Waals surface area contributed by atoms with Crippen LogP contribution in [0.4, 0.5) is 0 Å². The van der Waals surface area contributed by atoms with Crippen LogP contribution in [0.15, 0.2) is 97.2 Å². The Balaban J connectivity index is 4.50. The van der Waals surface area contributed by atoms with E-state index in [1.807, 2.05) is 6.08 Å². The quantitative estimate of drug-likeness (QED) is 0.0199. The molecule has 0 saturated carbocycles. The highest BCUT2D eigenvalue weighted by Gasteiger charge is 2.19. The highest BCUT2D eigenvalue weighted by molar-refractivity contribution is 5.71. The monoisotopic (exact) mass is 889 g/mol. The maximum atomic E-state index is 12.8. The van der Waals surface area contributed by atoms with Gasteiger partial charge in [-0.2, -0.15) is 0 Å². The summed E-state index contributed by atoms with van der Waals surface area (Å²) in [6.07, 6.45) is 68.3. The maximum Gasteiger partial charge on any atom is 0.306 e. The summed E-state index contributed by atoms with van der Waals surface area (Å²) < 4.78 is 16.7. The summed E-state index contributed by atoms with van der Waals surface area (Å²) in [5.41, 5.74) is 0. The lowest BCUT2D eigenvalue weighted by Gasteiger charge is -2.18. The minimum absolute atomic E-state index is 0.111. The number of hydrogen-bond donors (Lipinski definition) is 0. The molecular weight excluding hydrogens is 793 g/mol. The van der Waals surface area contributed by atoms with E-state index in [2.05, 4.69) is 112 Å². The standard InChI is InChI=1S/C58H96O6/c1-4-7-10-13-16-19-22-25-27-28-29-31-33-36-39-42-45-48-51-57(60)63-54-55(53-62-56(59)50-47-44-41-38-35-32-24-21-18-15-12-9-6-3)64-58(61)52-49-46-43-40-37-34-30-26-23-20-17-14-11-8-5-2/h8,11,14,17,20,22-23,25,27-29,31-32,35,41,44,55H,4-7,9-10,12-13,15-16,18-19,21,24,26,30,33-34,36-40,42-43,45-54H2,1-3H3/b11-8-,17-14-,23-20-,25-22-,28-27-,31-29-,35-32-,44-41-. The number of carbonyl (C=O) groups is 3. The van der Waals surface area contributed by atoms with E-state index in [9.17, 15) is 14.4 Å². The maximum absolute atomic E-state index is 12.8. The zero-order valence-corrected chi connectivity index (χ0v) is 41.5. The van der Waals surface area contributed by atoms with Crippen LogP contribution in [0.1, 0.15) is 233 Å². The third-order valence-corrected chi connectivity index (χ3v) is 10.9. The molecule has 0 aliphatic heterocycles. The van der Waals surface area contributed by atoms with E-state index in [-0.39, 0.29) is 37.5 Å². The van der Waals surface area contributed by atoms with Crippen molar-refractivity contribution in [2.45, 2.75) is 239 Å². The third-order valence-electron chi connectivity index (χ3n) is 10.9. The predicted octanol–water partition coefficient (Wildman–Crippen LogP) is 17.4. The van der Waals surface area contributed by atoms with Crippen molar-refractivity contribution in [2.24, 2.45) is 0 Å². The molecule has 0 radical (unpaired) electrons. The van der Waals surface area contributed by atoms with Gasteiger partial charge in [-0.25, -0.2) is 0 Å². The van der Waals surface area contributed by atoms with Crippen molar-refractivity contribution in [3.05, 3.63) is 97.2 Å². The highest BCUT2D eigenvalue weighted by Crippen LogP contribution is 2.13. The Morgan fingerprint density at radius 2 is 0.703 bits per heavy atom. The highest BCUT2D eigenvalue weighted by atomic mass is 16.6. The second-order valence-corrected chi connectivity index (χ2v) is 17.2. The van der Waals surface area contributed by atoms with Crippen molar-refractivity contribution in [1.82, 2.24) is 0 Å². The lowest BCUT2D eigenvalue weighted by molar-refractivity contribution is -0.166. The molecule has 0 saturated heterocycles. The lowest BCUT2D eigenvalue weighted by atomic mass is 10.1. The molecule has 0 aromatic heterocycles. The Bertz CT molecular complexity index is 1300. The second-order valence-electron chi connectivity index (χ2n) is 17.2. The zero-order chi connectivity index (χ0) is 46.5. The van der Waals surface area contributed by atoms with E-state index in [0.29, 0.717) is 19.3 Å². The van der Waals surface area contributed by atoms with Gasteiger partial charge in [0.25, 0.3) is 0 Å². The topological polar surface area (TPSA) is 78.9 Å². The van der Waals surface area contributed by atoms with E-state index >= 15 is 0 Å². The van der Waals surface area contributed by atoms with E-state index in [1.165, 1.54) is 89.9 Å². The minimum Gasteiger partial charge on any atom is -0.462 e. The molecule has 0 rings (SSSR count). The van der Waals surface area contributed by atoms with Gasteiger partial charge in [0.2, 0.25) is 0 Å². The molecule has 1 unspecified atom stereocenters. The van der Waals surface area contributed by atoms with Crippen LogP contribution in [0, 0.1) is 0 Å². The normalized spacial score (nSPS) is 12.9. The number of esters is 3. The van der Waals surface area contributed by atoms with Crippen LogP contribution in [-0.4, -0.2) is 37.2 Å². The smallest absolute Gasteiger partial charge is 0.306 e. The molecule has 6 nitrogen and oxygen atoms in total. The summed E-state index contributed by atoms with van der Waals surface area (Å²) in [6, 6.07) is 0. The number of hydrogen-bond acceptors (Lipinski definition) is 6. The Labute approximate surface area is 394 Å². The van der Waals surface area contributed by atoms with Crippen molar-refractivity contribution >= 4 is 17.9 Å². The predicted molar refractivity (Wildman–Crippen MR) is 274 cm³/mol. The van der Waals surface area contributed by atoms with Gasteiger partial charge in [0.05, 0.1) is 0 Å². The van der Waals surface area contributed by atoms with Gasteiger partial charge < -0.3 is 14.2 Å². The Kier molecular flexibility index (Phi) is 49.0. The van der Waals surface area contributed by atoms with Crippen LogP contribution in [0.5, 0.6) is 0 Å². The Morgan fingerprint density at radius 1 is 0.344 bits per heavy atom. The molecule has 1 atom stereocenters. The first-order valence-electron chi connectivity index (χ1n) is 26.3. The largest absolute Gasteiger partial charge is 0.462 e. The molecule has 0 fully saturated rings. The molecule has 0 aliphatic rings. The van der Waals surface area contributed by atoms with Gasteiger partial charge in [-0.05, 0) is 83.5 Å². The summed E-state index contributed by atoms with van der Waals surface area (Å²) in [7, 11) is 0. The van der Waals surface area contributed by atoms with Gasteiger partial charge in [-0.3, -0.25) is 14.4 Å². The SMILES string of the molecule is CC\C=C/C=C\C=C/CCCCCCCCCC(=O)OC(COC(=O)CC/C=C\C/C=C\CCCCCCCC)COC(=O)CCCCCCC\C=C/C=C\C=C/CCCCCCC. The van der Waals surface area contributed by atoms with E-state index in [0.717, 1.165) is 96.3 Å².